The molecular formula is C22H26FN3O4S. The highest BCUT2D eigenvalue weighted by molar-refractivity contribution is 7.89. The van der Waals surface area contributed by atoms with Crippen LogP contribution in [0.3, 0.4) is 0 Å². The molecule has 0 aromatic heterocycles. The van der Waals surface area contributed by atoms with Crippen LogP contribution in [0.4, 0.5) is 10.1 Å². The number of nitrogens with one attached hydrogen (secondary N) is 2. The smallest absolute Gasteiger partial charge is 0.243 e. The van der Waals surface area contributed by atoms with Gasteiger partial charge in [0.05, 0.1) is 16.9 Å². The topological polar surface area (TPSA) is 95.6 Å². The molecule has 0 aliphatic carbocycles. The van der Waals surface area contributed by atoms with Crippen LogP contribution in [0.25, 0.3) is 0 Å². The molecule has 1 fully saturated rings. The molecular weight excluding hydrogens is 421 g/mol. The van der Waals surface area contributed by atoms with Crippen molar-refractivity contribution in [1.82, 2.24) is 9.62 Å². The first-order valence-corrected chi connectivity index (χ1v) is 11.5. The van der Waals surface area contributed by atoms with Crippen molar-refractivity contribution in [2.24, 2.45) is 5.92 Å². The summed E-state index contributed by atoms with van der Waals surface area (Å²) in [6.07, 6.45) is 1.14. The summed E-state index contributed by atoms with van der Waals surface area (Å²) >= 11 is 0. The van der Waals surface area contributed by atoms with E-state index in [-0.39, 0.29) is 29.3 Å². The molecule has 0 unspecified atom stereocenters. The molecule has 2 atom stereocenters. The lowest BCUT2D eigenvalue weighted by Crippen LogP contribution is -2.45. The van der Waals surface area contributed by atoms with Crippen molar-refractivity contribution < 1.29 is 22.4 Å². The van der Waals surface area contributed by atoms with E-state index in [0.29, 0.717) is 25.1 Å². The number of anilines is 1. The highest BCUT2D eigenvalue weighted by Gasteiger charge is 2.33. The minimum atomic E-state index is -3.80. The van der Waals surface area contributed by atoms with Gasteiger partial charge in [-0.3, -0.25) is 9.59 Å². The number of benzene rings is 2. The lowest BCUT2D eigenvalue weighted by Gasteiger charge is -2.32. The number of piperidine rings is 1. The average molecular weight is 448 g/mol. The van der Waals surface area contributed by atoms with Gasteiger partial charge in [-0.05, 0) is 61.7 Å². The maximum Gasteiger partial charge on any atom is 0.243 e. The zero-order chi connectivity index (χ0) is 22.6. The zero-order valence-corrected chi connectivity index (χ0v) is 18.3. The lowest BCUT2D eigenvalue weighted by molar-refractivity contribution is -0.126. The van der Waals surface area contributed by atoms with Gasteiger partial charge in [-0.15, -0.1) is 0 Å². The van der Waals surface area contributed by atoms with Crippen molar-refractivity contribution in [2.75, 3.05) is 18.4 Å². The van der Waals surface area contributed by atoms with Crippen molar-refractivity contribution in [3.05, 3.63) is 59.9 Å². The average Bonchev–Trinajstić information content (AvgIpc) is 2.74. The minimum Gasteiger partial charge on any atom is -0.349 e. The van der Waals surface area contributed by atoms with E-state index in [2.05, 4.69) is 10.6 Å². The number of amides is 2. The summed E-state index contributed by atoms with van der Waals surface area (Å²) in [7, 11) is -3.80. The van der Waals surface area contributed by atoms with Crippen LogP contribution in [0.2, 0.25) is 0 Å². The van der Waals surface area contributed by atoms with Crippen molar-refractivity contribution in [3.8, 4) is 0 Å². The fraction of sp³-hybridized carbons (Fsp3) is 0.364. The molecule has 0 radical (unpaired) electrons. The van der Waals surface area contributed by atoms with Crippen molar-refractivity contribution in [2.45, 2.75) is 37.6 Å². The molecule has 2 amide bonds. The third-order valence-corrected chi connectivity index (χ3v) is 7.15. The second-order valence-electron chi connectivity index (χ2n) is 7.69. The fourth-order valence-corrected chi connectivity index (χ4v) is 5.16. The molecule has 0 spiro atoms. The first-order chi connectivity index (χ1) is 14.7. The molecule has 7 nitrogen and oxygen atoms in total. The highest BCUT2D eigenvalue weighted by Crippen LogP contribution is 2.25. The summed E-state index contributed by atoms with van der Waals surface area (Å²) in [6, 6.07) is 11.6. The van der Waals surface area contributed by atoms with Crippen LogP contribution in [-0.4, -0.2) is 37.6 Å². The molecule has 0 bridgehead atoms. The third kappa shape index (κ3) is 5.68. The molecule has 1 heterocycles. The van der Waals surface area contributed by atoms with Gasteiger partial charge in [0.15, 0.2) is 0 Å². The second kappa shape index (κ2) is 9.57. The van der Waals surface area contributed by atoms with Gasteiger partial charge in [-0.2, -0.15) is 4.31 Å². The van der Waals surface area contributed by atoms with E-state index in [0.717, 1.165) is 17.7 Å². The number of hydrogen-bond donors (Lipinski definition) is 2. The van der Waals surface area contributed by atoms with E-state index in [1.54, 1.807) is 18.2 Å². The highest BCUT2D eigenvalue weighted by atomic mass is 32.2. The Morgan fingerprint density at radius 1 is 1.16 bits per heavy atom. The van der Waals surface area contributed by atoms with Gasteiger partial charge in [-0.1, -0.05) is 12.1 Å². The number of rotatable bonds is 6. The first kappa shape index (κ1) is 22.9. The van der Waals surface area contributed by atoms with E-state index in [4.69, 9.17) is 0 Å². The molecule has 2 aromatic rings. The summed E-state index contributed by atoms with van der Waals surface area (Å²) in [6.45, 7) is 3.65. The van der Waals surface area contributed by atoms with Crippen LogP contribution in [-0.2, 0) is 19.6 Å². The first-order valence-electron chi connectivity index (χ1n) is 10.1. The zero-order valence-electron chi connectivity index (χ0n) is 17.5. The second-order valence-corrected chi connectivity index (χ2v) is 9.63. The van der Waals surface area contributed by atoms with Crippen LogP contribution in [0, 0.1) is 11.7 Å². The number of halogens is 1. The molecule has 9 heteroatoms. The lowest BCUT2D eigenvalue weighted by atomic mass is 9.98. The maximum absolute atomic E-state index is 13.2. The van der Waals surface area contributed by atoms with Crippen LogP contribution in [0.15, 0.2) is 53.4 Å². The summed E-state index contributed by atoms with van der Waals surface area (Å²) in [4.78, 5) is 24.1. The summed E-state index contributed by atoms with van der Waals surface area (Å²) in [5.74, 6) is -1.40. The van der Waals surface area contributed by atoms with Crippen LogP contribution < -0.4 is 10.6 Å². The Bertz CT molecular complexity index is 1060. The van der Waals surface area contributed by atoms with Gasteiger partial charge in [0.1, 0.15) is 5.82 Å². The monoisotopic (exact) mass is 447 g/mol. The summed E-state index contributed by atoms with van der Waals surface area (Å²) < 4.78 is 40.2. The Morgan fingerprint density at radius 3 is 2.55 bits per heavy atom. The van der Waals surface area contributed by atoms with Gasteiger partial charge in [0, 0.05) is 25.7 Å². The summed E-state index contributed by atoms with van der Waals surface area (Å²) in [5.41, 5.74) is 1.46. The SMILES string of the molecule is CC(=O)Nc1cccc([C@H](C)NC(=O)[C@H]2CCCN(S(=O)(=O)c3ccc(F)cc3)C2)c1. The van der Waals surface area contributed by atoms with E-state index >= 15 is 0 Å². The van der Waals surface area contributed by atoms with Crippen LogP contribution in [0.5, 0.6) is 0 Å². The van der Waals surface area contributed by atoms with Crippen molar-refractivity contribution >= 4 is 27.5 Å². The Balaban J connectivity index is 1.67. The molecule has 1 saturated heterocycles. The Hall–Kier alpha value is -2.78. The van der Waals surface area contributed by atoms with E-state index < -0.39 is 21.8 Å². The molecule has 2 N–H and O–H groups in total. The molecule has 1 aliphatic rings. The van der Waals surface area contributed by atoms with E-state index in [1.807, 2.05) is 13.0 Å². The largest absolute Gasteiger partial charge is 0.349 e. The Morgan fingerprint density at radius 2 is 1.87 bits per heavy atom. The molecule has 166 valence electrons. The summed E-state index contributed by atoms with van der Waals surface area (Å²) in [5, 5.41) is 5.65. The number of carbonyl (C=O) groups is 2. The van der Waals surface area contributed by atoms with Crippen molar-refractivity contribution in [3.63, 3.8) is 0 Å². The fourth-order valence-electron chi connectivity index (χ4n) is 3.63. The molecule has 2 aromatic carbocycles. The van der Waals surface area contributed by atoms with E-state index in [1.165, 1.54) is 23.4 Å². The standard InChI is InChI=1S/C22H26FN3O4S/c1-15(17-5-3-7-20(13-17)25-16(2)27)24-22(28)18-6-4-12-26(14-18)31(29,30)21-10-8-19(23)9-11-21/h3,5,7-11,13,15,18H,4,6,12,14H2,1-2H3,(H,24,28)(H,25,27)/t15-,18-/m0/s1. The van der Waals surface area contributed by atoms with Gasteiger partial charge < -0.3 is 10.6 Å². The molecule has 1 aliphatic heterocycles. The predicted molar refractivity (Wildman–Crippen MR) is 115 cm³/mol. The normalized spacial score (nSPS) is 18.2. The Labute approximate surface area is 181 Å². The molecule has 3 rings (SSSR count). The number of sulfonamides is 1. The Kier molecular flexibility index (Phi) is 7.07. The van der Waals surface area contributed by atoms with Gasteiger partial charge in [-0.25, -0.2) is 12.8 Å². The van der Waals surface area contributed by atoms with Gasteiger partial charge in [0.25, 0.3) is 0 Å². The van der Waals surface area contributed by atoms with Gasteiger partial charge >= 0.3 is 0 Å². The predicted octanol–water partition coefficient (Wildman–Crippen LogP) is 3.06. The van der Waals surface area contributed by atoms with Crippen molar-refractivity contribution in [1.29, 1.82) is 0 Å². The third-order valence-electron chi connectivity index (χ3n) is 5.27. The van der Waals surface area contributed by atoms with Crippen LogP contribution >= 0.6 is 0 Å². The minimum absolute atomic E-state index is 0.0121. The molecule has 0 saturated carbocycles. The van der Waals surface area contributed by atoms with E-state index in [9.17, 15) is 22.4 Å². The number of hydrogen-bond acceptors (Lipinski definition) is 4. The van der Waals surface area contributed by atoms with Gasteiger partial charge in [0.2, 0.25) is 21.8 Å². The van der Waals surface area contributed by atoms with Crippen LogP contribution in [0.1, 0.15) is 38.3 Å². The molecule has 31 heavy (non-hydrogen) atoms. The number of nitrogens with zero attached hydrogens (tertiary/aromatic N) is 1. The number of carbonyl (C=O) groups excluding carboxylic acids is 2. The quantitative estimate of drug-likeness (QED) is 0.712. The maximum atomic E-state index is 13.2.